The van der Waals surface area contributed by atoms with Gasteiger partial charge in [0.2, 0.25) is 0 Å². The highest BCUT2D eigenvalue weighted by Gasteiger charge is 2.64. The predicted octanol–water partition coefficient (Wildman–Crippen LogP) is 4.87. The van der Waals surface area contributed by atoms with Gasteiger partial charge in [-0.3, -0.25) is 4.79 Å². The van der Waals surface area contributed by atoms with E-state index >= 15 is 0 Å². The third-order valence-electron chi connectivity index (χ3n) is 5.42. The average Bonchev–Trinajstić information content (AvgIpc) is 2.64. The highest BCUT2D eigenvalue weighted by Crippen LogP contribution is 2.55. The zero-order valence-electron chi connectivity index (χ0n) is 16.1. The van der Waals surface area contributed by atoms with Gasteiger partial charge in [-0.2, -0.15) is 5.26 Å². The van der Waals surface area contributed by atoms with Crippen LogP contribution in [0.2, 0.25) is 10.2 Å². The minimum atomic E-state index is -0.320. The van der Waals surface area contributed by atoms with Crippen LogP contribution in [0.5, 0.6) is 5.75 Å². The van der Waals surface area contributed by atoms with Gasteiger partial charge in [0.05, 0.1) is 16.1 Å². The van der Waals surface area contributed by atoms with E-state index < -0.39 is 0 Å². The van der Waals surface area contributed by atoms with Crippen LogP contribution in [0.1, 0.15) is 43.6 Å². The number of ether oxygens (including phenoxy) is 1. The number of carbonyl (C=O) groups excluding carboxylic acids is 1. The summed E-state index contributed by atoms with van der Waals surface area (Å²) in [4.78, 5) is 16.6. The van der Waals surface area contributed by atoms with Crippen LogP contribution in [0, 0.1) is 22.2 Å². The Morgan fingerprint density at radius 2 is 1.86 bits per heavy atom. The van der Waals surface area contributed by atoms with Gasteiger partial charge < -0.3 is 10.1 Å². The molecule has 0 spiro atoms. The Labute approximate surface area is 174 Å². The first-order chi connectivity index (χ1) is 13.1. The molecule has 0 radical (unpaired) electrons. The van der Waals surface area contributed by atoms with Crippen LogP contribution < -0.4 is 10.1 Å². The van der Waals surface area contributed by atoms with Gasteiger partial charge in [-0.1, -0.05) is 50.9 Å². The third kappa shape index (κ3) is 3.55. The molecule has 1 aliphatic carbocycles. The smallest absolute Gasteiger partial charge is 0.253 e. The number of aromatic nitrogens is 1. The second-order valence-corrected chi connectivity index (χ2v) is 8.96. The fourth-order valence-electron chi connectivity index (χ4n) is 4.32. The Morgan fingerprint density at radius 1 is 1.18 bits per heavy atom. The molecule has 2 aromatic rings. The van der Waals surface area contributed by atoms with E-state index in [1.807, 2.05) is 6.07 Å². The maximum Gasteiger partial charge on any atom is 0.253 e. The van der Waals surface area contributed by atoms with Gasteiger partial charge in [0.25, 0.3) is 5.91 Å². The minimum absolute atomic E-state index is 0.109. The average molecular weight is 418 g/mol. The van der Waals surface area contributed by atoms with E-state index in [1.54, 1.807) is 30.3 Å². The molecule has 1 saturated carbocycles. The number of hydrogen-bond donors (Lipinski definition) is 1. The molecule has 1 amide bonds. The number of pyridine rings is 1. The number of hydrogen-bond acceptors (Lipinski definition) is 4. The van der Waals surface area contributed by atoms with Crippen molar-refractivity contribution in [2.75, 3.05) is 0 Å². The molecule has 1 aromatic carbocycles. The molecule has 1 heterocycles. The van der Waals surface area contributed by atoms with Crippen LogP contribution in [0.25, 0.3) is 0 Å². The van der Waals surface area contributed by atoms with Crippen LogP contribution >= 0.6 is 23.2 Å². The zero-order valence-corrected chi connectivity index (χ0v) is 17.6. The second-order valence-electron chi connectivity index (χ2n) is 8.17. The van der Waals surface area contributed by atoms with Crippen molar-refractivity contribution in [1.82, 2.24) is 10.3 Å². The van der Waals surface area contributed by atoms with Crippen molar-refractivity contribution >= 4 is 29.1 Å². The molecule has 0 aliphatic heterocycles. The van der Waals surface area contributed by atoms with Gasteiger partial charge in [-0.15, -0.1) is 0 Å². The molecule has 1 aliphatic rings. The first kappa shape index (κ1) is 20.4. The summed E-state index contributed by atoms with van der Waals surface area (Å²) in [6.07, 6.45) is 1.31. The van der Waals surface area contributed by atoms with Crippen LogP contribution in [0.4, 0.5) is 0 Å². The lowest BCUT2D eigenvalue weighted by Gasteiger charge is -2.63. The van der Waals surface area contributed by atoms with Crippen LogP contribution in [0.15, 0.2) is 36.5 Å². The van der Waals surface area contributed by atoms with Gasteiger partial charge in [0.15, 0.2) is 0 Å². The summed E-state index contributed by atoms with van der Waals surface area (Å²) in [5.41, 5.74) is 0.223. The lowest BCUT2D eigenvalue weighted by atomic mass is 9.49. The van der Waals surface area contributed by atoms with E-state index in [0.717, 1.165) is 0 Å². The van der Waals surface area contributed by atoms with Gasteiger partial charge in [-0.25, -0.2) is 4.98 Å². The predicted molar refractivity (Wildman–Crippen MR) is 109 cm³/mol. The fraction of sp³-hybridized carbons (Fsp3) is 0.381. The van der Waals surface area contributed by atoms with Crippen molar-refractivity contribution in [3.63, 3.8) is 0 Å². The van der Waals surface area contributed by atoms with E-state index in [1.165, 1.54) is 6.20 Å². The zero-order chi connectivity index (χ0) is 20.7. The summed E-state index contributed by atoms with van der Waals surface area (Å²) in [5, 5.41) is 12.8. The number of halogens is 2. The molecule has 1 fully saturated rings. The molecular formula is C21H21Cl2N3O2. The fourth-order valence-corrected chi connectivity index (χ4v) is 4.64. The van der Waals surface area contributed by atoms with Crippen molar-refractivity contribution in [2.45, 2.75) is 39.8 Å². The van der Waals surface area contributed by atoms with E-state index in [4.69, 9.17) is 33.2 Å². The molecule has 146 valence electrons. The molecule has 0 atom stereocenters. The summed E-state index contributed by atoms with van der Waals surface area (Å²) in [7, 11) is 0. The highest BCUT2D eigenvalue weighted by molar-refractivity contribution is 6.31. The molecule has 3 rings (SSSR count). The second kappa shape index (κ2) is 7.27. The first-order valence-electron chi connectivity index (χ1n) is 8.86. The number of benzene rings is 1. The largest absolute Gasteiger partial charge is 0.489 e. The van der Waals surface area contributed by atoms with Crippen molar-refractivity contribution in [1.29, 1.82) is 5.26 Å². The van der Waals surface area contributed by atoms with E-state index in [-0.39, 0.29) is 28.9 Å². The lowest BCUT2D eigenvalue weighted by Crippen LogP contribution is -2.74. The van der Waals surface area contributed by atoms with Gasteiger partial charge >= 0.3 is 0 Å². The number of rotatable bonds is 4. The molecule has 1 N–H and O–H groups in total. The van der Waals surface area contributed by atoms with Crippen molar-refractivity contribution in [3.05, 3.63) is 57.8 Å². The van der Waals surface area contributed by atoms with Crippen LogP contribution in [-0.4, -0.2) is 23.0 Å². The van der Waals surface area contributed by atoms with Crippen molar-refractivity contribution in [3.8, 4) is 11.8 Å². The summed E-state index contributed by atoms with van der Waals surface area (Å²) in [5.74, 6) is 0.400. The molecule has 1 aromatic heterocycles. The summed E-state index contributed by atoms with van der Waals surface area (Å²) < 4.78 is 6.22. The highest BCUT2D eigenvalue weighted by atomic mass is 35.5. The minimum Gasteiger partial charge on any atom is -0.489 e. The Balaban J connectivity index is 1.76. The van der Waals surface area contributed by atoms with Crippen molar-refractivity contribution in [2.24, 2.45) is 10.8 Å². The van der Waals surface area contributed by atoms with E-state index in [0.29, 0.717) is 27.1 Å². The number of carbonyl (C=O) groups is 1. The topological polar surface area (TPSA) is 75.0 Å². The molecular weight excluding hydrogens is 397 g/mol. The SMILES string of the molecule is CC1(C)C(NC(=O)c2ccc(Cl)nc2)C(C)(C)C1Oc1ccc(C#N)c(Cl)c1. The van der Waals surface area contributed by atoms with Crippen LogP contribution in [-0.2, 0) is 0 Å². The molecule has 7 heteroatoms. The molecule has 0 bridgehead atoms. The summed E-state index contributed by atoms with van der Waals surface area (Å²) in [6.45, 7) is 8.22. The van der Waals surface area contributed by atoms with Crippen molar-refractivity contribution < 1.29 is 9.53 Å². The maximum atomic E-state index is 12.6. The number of nitriles is 1. The Morgan fingerprint density at radius 3 is 2.39 bits per heavy atom. The molecule has 5 nitrogen and oxygen atoms in total. The molecule has 28 heavy (non-hydrogen) atoms. The Bertz CT molecular complexity index is 933. The normalized spacial score (nSPS) is 21.9. The number of nitrogens with zero attached hydrogens (tertiary/aromatic N) is 2. The summed E-state index contributed by atoms with van der Waals surface area (Å²) in [6, 6.07) is 10.2. The quantitative estimate of drug-likeness (QED) is 0.719. The summed E-state index contributed by atoms with van der Waals surface area (Å²) >= 11 is 11.9. The lowest BCUT2D eigenvalue weighted by molar-refractivity contribution is -0.164. The Kier molecular flexibility index (Phi) is 5.31. The third-order valence-corrected chi connectivity index (χ3v) is 5.96. The van der Waals surface area contributed by atoms with Crippen LogP contribution in [0.3, 0.4) is 0 Å². The first-order valence-corrected chi connectivity index (χ1v) is 9.61. The maximum absolute atomic E-state index is 12.6. The number of nitrogens with one attached hydrogen (secondary N) is 1. The van der Waals surface area contributed by atoms with Gasteiger partial charge in [-0.05, 0) is 24.3 Å². The van der Waals surface area contributed by atoms with Gasteiger partial charge in [0, 0.05) is 29.1 Å². The number of amides is 1. The molecule has 0 saturated heterocycles. The van der Waals surface area contributed by atoms with E-state index in [9.17, 15) is 4.79 Å². The van der Waals surface area contributed by atoms with E-state index in [2.05, 4.69) is 38.0 Å². The Hall–Kier alpha value is -2.29. The van der Waals surface area contributed by atoms with Gasteiger partial charge in [0.1, 0.15) is 23.1 Å². The monoisotopic (exact) mass is 417 g/mol. The molecule has 0 unspecified atom stereocenters. The standard InChI is InChI=1S/C21H21Cl2N3O2/c1-20(2)18(26-17(27)13-6-8-16(23)25-11-13)21(3,4)19(20)28-14-7-5-12(10-24)15(22)9-14/h5-9,11,18-19H,1-4H3,(H,26,27).